The van der Waals surface area contributed by atoms with Gasteiger partial charge in [-0.3, -0.25) is 4.79 Å². The number of rotatable bonds is 7. The summed E-state index contributed by atoms with van der Waals surface area (Å²) in [6, 6.07) is 7.75. The second-order valence-electron chi connectivity index (χ2n) is 8.06. The van der Waals surface area contributed by atoms with Crippen molar-refractivity contribution in [1.82, 2.24) is 19.4 Å². The number of nitrogens with zero attached hydrogens (tertiary/aromatic N) is 3. The van der Waals surface area contributed by atoms with Gasteiger partial charge in [0.05, 0.1) is 7.11 Å². The van der Waals surface area contributed by atoms with E-state index >= 15 is 0 Å². The van der Waals surface area contributed by atoms with Crippen molar-refractivity contribution in [3.63, 3.8) is 0 Å². The van der Waals surface area contributed by atoms with E-state index in [2.05, 4.69) is 21.5 Å². The third kappa shape index (κ3) is 4.21. The topological polar surface area (TPSA) is 72.4 Å². The van der Waals surface area contributed by atoms with Crippen molar-refractivity contribution in [2.24, 2.45) is 5.92 Å². The fourth-order valence-electron chi connectivity index (χ4n) is 4.32. The van der Waals surface area contributed by atoms with Crippen LogP contribution in [0.2, 0.25) is 0 Å². The first-order valence-electron chi connectivity index (χ1n) is 10.5. The number of carbonyl (C=O) groups excluding carboxylic acids is 1. The monoisotopic (exact) mass is 410 g/mol. The first-order chi connectivity index (χ1) is 14.6. The molecule has 7 nitrogen and oxygen atoms in total. The second kappa shape index (κ2) is 8.92. The van der Waals surface area contributed by atoms with Crippen molar-refractivity contribution in [2.75, 3.05) is 27.3 Å². The van der Waals surface area contributed by atoms with Crippen LogP contribution in [0.1, 0.15) is 41.3 Å². The maximum absolute atomic E-state index is 13.0. The smallest absolute Gasteiger partial charge is 0.270 e. The highest BCUT2D eigenvalue weighted by Gasteiger charge is 2.25. The standard InChI is InChI=1S/C23H30N4O3/c1-16-14-24-22(15-29-2)27(16)11-8-17-6-9-26(10-7-17)23(28)21-12-18-4-5-19(30-3)13-20(18)25-21/h4-5,12-14,17,25H,6-11,15H2,1-3H3. The van der Waals surface area contributed by atoms with Gasteiger partial charge in [0.15, 0.2) is 0 Å². The van der Waals surface area contributed by atoms with Gasteiger partial charge in [-0.25, -0.2) is 4.98 Å². The van der Waals surface area contributed by atoms with Crippen LogP contribution in [0.5, 0.6) is 5.75 Å². The number of imidazole rings is 1. The molecule has 1 amide bonds. The Balaban J connectivity index is 1.33. The minimum absolute atomic E-state index is 0.0800. The molecule has 1 aliphatic rings. The molecule has 0 aliphatic carbocycles. The molecular weight excluding hydrogens is 380 g/mol. The van der Waals surface area contributed by atoms with Gasteiger partial charge in [0.1, 0.15) is 23.9 Å². The fourth-order valence-corrected chi connectivity index (χ4v) is 4.32. The molecule has 3 heterocycles. The molecule has 0 spiro atoms. The van der Waals surface area contributed by atoms with Crippen molar-refractivity contribution in [3.05, 3.63) is 47.7 Å². The van der Waals surface area contributed by atoms with Crippen molar-refractivity contribution in [2.45, 2.75) is 39.3 Å². The Bertz CT molecular complexity index is 1010. The molecule has 0 atom stereocenters. The van der Waals surface area contributed by atoms with Gasteiger partial charge in [-0.2, -0.15) is 0 Å². The average Bonchev–Trinajstić information content (AvgIpc) is 3.35. The number of nitrogens with one attached hydrogen (secondary N) is 1. The number of benzene rings is 1. The van der Waals surface area contributed by atoms with E-state index in [0.717, 1.165) is 61.4 Å². The number of aromatic nitrogens is 3. The third-order valence-electron chi connectivity index (χ3n) is 6.13. The number of aryl methyl sites for hydroxylation is 1. The zero-order chi connectivity index (χ0) is 21.1. The Morgan fingerprint density at radius 3 is 2.77 bits per heavy atom. The van der Waals surface area contributed by atoms with Crippen LogP contribution in [0.25, 0.3) is 10.9 Å². The highest BCUT2D eigenvalue weighted by atomic mass is 16.5. The van der Waals surface area contributed by atoms with E-state index in [9.17, 15) is 4.79 Å². The summed E-state index contributed by atoms with van der Waals surface area (Å²) < 4.78 is 12.8. The Morgan fingerprint density at radius 2 is 2.03 bits per heavy atom. The number of piperidine rings is 1. The molecule has 0 saturated carbocycles. The lowest BCUT2D eigenvalue weighted by Gasteiger charge is -2.32. The molecule has 1 fully saturated rings. The van der Waals surface area contributed by atoms with E-state index in [1.807, 2.05) is 35.4 Å². The molecule has 30 heavy (non-hydrogen) atoms. The molecule has 0 radical (unpaired) electrons. The van der Waals surface area contributed by atoms with Crippen LogP contribution in [0.4, 0.5) is 0 Å². The lowest BCUT2D eigenvalue weighted by molar-refractivity contribution is 0.0679. The summed E-state index contributed by atoms with van der Waals surface area (Å²) in [5.41, 5.74) is 2.75. The van der Waals surface area contributed by atoms with Crippen molar-refractivity contribution in [1.29, 1.82) is 0 Å². The number of fused-ring (bicyclic) bond motifs is 1. The van der Waals surface area contributed by atoms with Gasteiger partial charge in [-0.05, 0) is 50.3 Å². The highest BCUT2D eigenvalue weighted by Crippen LogP contribution is 2.25. The average molecular weight is 411 g/mol. The van der Waals surface area contributed by atoms with Gasteiger partial charge in [-0.15, -0.1) is 0 Å². The Hall–Kier alpha value is -2.80. The minimum atomic E-state index is 0.0800. The van der Waals surface area contributed by atoms with Crippen LogP contribution >= 0.6 is 0 Å². The fraction of sp³-hybridized carbons (Fsp3) is 0.478. The van der Waals surface area contributed by atoms with Gasteiger partial charge in [0, 0.05) is 55.6 Å². The number of likely N-dealkylation sites (tertiary alicyclic amines) is 1. The molecule has 7 heteroatoms. The van der Waals surface area contributed by atoms with E-state index in [4.69, 9.17) is 9.47 Å². The first-order valence-corrected chi connectivity index (χ1v) is 10.5. The van der Waals surface area contributed by atoms with E-state index < -0.39 is 0 Å². The largest absolute Gasteiger partial charge is 0.497 e. The molecule has 0 bridgehead atoms. The zero-order valence-electron chi connectivity index (χ0n) is 18.0. The summed E-state index contributed by atoms with van der Waals surface area (Å²) in [5, 5.41) is 1.02. The van der Waals surface area contributed by atoms with Gasteiger partial charge >= 0.3 is 0 Å². The molecule has 4 rings (SSSR count). The van der Waals surface area contributed by atoms with Crippen LogP contribution in [0.15, 0.2) is 30.5 Å². The van der Waals surface area contributed by atoms with Crippen molar-refractivity contribution < 1.29 is 14.3 Å². The number of aromatic amines is 1. The van der Waals surface area contributed by atoms with Gasteiger partial charge in [0.25, 0.3) is 5.91 Å². The molecule has 160 valence electrons. The number of amides is 1. The first kappa shape index (κ1) is 20.5. The number of H-pyrrole nitrogens is 1. The summed E-state index contributed by atoms with van der Waals surface area (Å²) >= 11 is 0. The Labute approximate surface area is 177 Å². The maximum Gasteiger partial charge on any atom is 0.270 e. The quantitative estimate of drug-likeness (QED) is 0.644. The Morgan fingerprint density at radius 1 is 1.23 bits per heavy atom. The van der Waals surface area contributed by atoms with Crippen LogP contribution in [-0.4, -0.2) is 52.7 Å². The lowest BCUT2D eigenvalue weighted by Crippen LogP contribution is -2.38. The van der Waals surface area contributed by atoms with E-state index in [1.54, 1.807) is 14.2 Å². The number of carbonyl (C=O) groups is 1. The molecular formula is C23H30N4O3. The van der Waals surface area contributed by atoms with Crippen LogP contribution in [-0.2, 0) is 17.9 Å². The molecule has 1 N–H and O–H groups in total. The minimum Gasteiger partial charge on any atom is -0.497 e. The van der Waals surface area contributed by atoms with Crippen LogP contribution < -0.4 is 4.74 Å². The number of hydrogen-bond acceptors (Lipinski definition) is 4. The highest BCUT2D eigenvalue weighted by molar-refractivity contribution is 5.98. The summed E-state index contributed by atoms with van der Waals surface area (Å²) in [6.45, 7) is 5.18. The summed E-state index contributed by atoms with van der Waals surface area (Å²) in [7, 11) is 3.34. The van der Waals surface area contributed by atoms with Crippen molar-refractivity contribution >= 4 is 16.8 Å². The normalized spacial score (nSPS) is 15.1. The molecule has 1 aliphatic heterocycles. The number of methoxy groups -OCH3 is 2. The summed E-state index contributed by atoms with van der Waals surface area (Å²) in [6.07, 6.45) is 5.08. The van der Waals surface area contributed by atoms with Crippen LogP contribution in [0, 0.1) is 12.8 Å². The maximum atomic E-state index is 13.0. The predicted molar refractivity (Wildman–Crippen MR) is 116 cm³/mol. The molecule has 3 aromatic rings. The summed E-state index contributed by atoms with van der Waals surface area (Å²) in [4.78, 5) is 22.6. The van der Waals surface area contributed by atoms with Crippen LogP contribution in [0.3, 0.4) is 0 Å². The molecule has 2 aromatic heterocycles. The van der Waals surface area contributed by atoms with Gasteiger partial charge < -0.3 is 23.9 Å². The SMILES string of the molecule is COCc1ncc(C)n1CCC1CCN(C(=O)c2cc3ccc(OC)cc3[nH]2)CC1. The summed E-state index contributed by atoms with van der Waals surface area (Å²) in [5.74, 6) is 2.47. The van der Waals surface area contributed by atoms with E-state index in [1.165, 1.54) is 5.69 Å². The lowest BCUT2D eigenvalue weighted by atomic mass is 9.93. The van der Waals surface area contributed by atoms with E-state index in [0.29, 0.717) is 18.2 Å². The number of ether oxygens (including phenoxy) is 2. The molecule has 0 unspecified atom stereocenters. The molecule has 1 saturated heterocycles. The van der Waals surface area contributed by atoms with Gasteiger partial charge in [0.2, 0.25) is 0 Å². The van der Waals surface area contributed by atoms with Gasteiger partial charge in [-0.1, -0.05) is 0 Å². The zero-order valence-corrected chi connectivity index (χ0v) is 18.0. The second-order valence-corrected chi connectivity index (χ2v) is 8.06. The third-order valence-corrected chi connectivity index (χ3v) is 6.13. The number of hydrogen-bond donors (Lipinski definition) is 1. The predicted octanol–water partition coefficient (Wildman–Crippen LogP) is 3.77. The van der Waals surface area contributed by atoms with E-state index in [-0.39, 0.29) is 5.91 Å². The Kier molecular flexibility index (Phi) is 6.08. The molecule has 1 aromatic carbocycles. The van der Waals surface area contributed by atoms with Crippen molar-refractivity contribution in [3.8, 4) is 5.75 Å².